The van der Waals surface area contributed by atoms with Crippen LogP contribution in [0.4, 0.5) is 0 Å². The van der Waals surface area contributed by atoms with Gasteiger partial charge in [0.15, 0.2) is 0 Å². The Labute approximate surface area is 129 Å². The van der Waals surface area contributed by atoms with Gasteiger partial charge in [0.05, 0.1) is 16.5 Å². The van der Waals surface area contributed by atoms with E-state index in [-0.39, 0.29) is 12.1 Å². The third-order valence-corrected chi connectivity index (χ3v) is 4.17. The average Bonchev–Trinajstić information content (AvgIpc) is 2.83. The van der Waals surface area contributed by atoms with Crippen LogP contribution in [-0.4, -0.2) is 12.6 Å². The van der Waals surface area contributed by atoms with Gasteiger partial charge in [-0.05, 0) is 50.2 Å². The monoisotopic (exact) mass is 309 g/mol. The fraction of sp³-hybridized carbons (Fsp3) is 0.375. The minimum absolute atomic E-state index is 0.186. The van der Waals surface area contributed by atoms with E-state index in [1.807, 2.05) is 32.0 Å². The fourth-order valence-electron chi connectivity index (χ4n) is 2.08. The summed E-state index contributed by atoms with van der Waals surface area (Å²) in [6.07, 6.45) is 0.196. The molecule has 0 radical (unpaired) electrons. The largest absolute Gasteiger partial charge is 0.491 e. The van der Waals surface area contributed by atoms with Crippen LogP contribution in [0.3, 0.4) is 0 Å². The molecule has 0 aliphatic heterocycles. The van der Waals surface area contributed by atoms with Gasteiger partial charge in [-0.2, -0.15) is 0 Å². The van der Waals surface area contributed by atoms with Crippen LogP contribution in [0.5, 0.6) is 5.75 Å². The van der Waals surface area contributed by atoms with Crippen LogP contribution < -0.4 is 10.1 Å². The lowest BCUT2D eigenvalue weighted by atomic mass is 10.1. The van der Waals surface area contributed by atoms with E-state index in [1.54, 1.807) is 11.3 Å². The van der Waals surface area contributed by atoms with Crippen molar-refractivity contribution in [2.24, 2.45) is 0 Å². The van der Waals surface area contributed by atoms with Gasteiger partial charge in [0.2, 0.25) is 0 Å². The number of nitrogens with one attached hydrogen (secondary N) is 1. The van der Waals surface area contributed by atoms with Crippen molar-refractivity contribution in [3.05, 3.63) is 51.2 Å². The van der Waals surface area contributed by atoms with Crippen LogP contribution in [0.2, 0.25) is 4.34 Å². The number of hydrogen-bond donors (Lipinski definition) is 1. The van der Waals surface area contributed by atoms with E-state index in [4.69, 9.17) is 16.3 Å². The van der Waals surface area contributed by atoms with E-state index in [9.17, 15) is 0 Å². The first-order chi connectivity index (χ1) is 9.60. The first-order valence-electron chi connectivity index (χ1n) is 6.85. The average molecular weight is 310 g/mol. The van der Waals surface area contributed by atoms with Crippen LogP contribution in [0.15, 0.2) is 36.4 Å². The first kappa shape index (κ1) is 15.4. The number of thiophene rings is 1. The highest BCUT2D eigenvalue weighted by Gasteiger charge is 2.15. The zero-order valence-corrected chi connectivity index (χ0v) is 13.6. The van der Waals surface area contributed by atoms with Crippen molar-refractivity contribution in [3.8, 4) is 5.75 Å². The maximum absolute atomic E-state index is 6.05. The van der Waals surface area contributed by atoms with Gasteiger partial charge in [0.1, 0.15) is 5.75 Å². The molecule has 1 aromatic carbocycles. The molecule has 0 bridgehead atoms. The summed E-state index contributed by atoms with van der Waals surface area (Å²) < 4.78 is 6.50. The van der Waals surface area contributed by atoms with Crippen molar-refractivity contribution >= 4 is 22.9 Å². The Bertz CT molecular complexity index is 536. The van der Waals surface area contributed by atoms with Gasteiger partial charge in [-0.15, -0.1) is 11.3 Å². The summed E-state index contributed by atoms with van der Waals surface area (Å²) in [6.45, 7) is 7.08. The highest BCUT2D eigenvalue weighted by Crippen LogP contribution is 2.31. The Balaban J connectivity index is 2.21. The van der Waals surface area contributed by atoms with E-state index in [2.05, 4.69) is 30.4 Å². The summed E-state index contributed by atoms with van der Waals surface area (Å²) in [7, 11) is 0. The van der Waals surface area contributed by atoms with Crippen LogP contribution in [0.1, 0.15) is 37.3 Å². The predicted octanol–water partition coefficient (Wildman–Crippen LogP) is 4.89. The number of hydrogen-bond acceptors (Lipinski definition) is 3. The van der Waals surface area contributed by atoms with Crippen molar-refractivity contribution in [1.29, 1.82) is 0 Å². The van der Waals surface area contributed by atoms with E-state index in [1.165, 1.54) is 10.4 Å². The smallest absolute Gasteiger partial charge is 0.119 e. The maximum Gasteiger partial charge on any atom is 0.119 e. The summed E-state index contributed by atoms with van der Waals surface area (Å²) in [5, 5.41) is 3.50. The minimum atomic E-state index is 0.186. The Morgan fingerprint density at radius 1 is 1.15 bits per heavy atom. The maximum atomic E-state index is 6.05. The molecule has 2 rings (SSSR count). The van der Waals surface area contributed by atoms with Crippen molar-refractivity contribution < 1.29 is 4.74 Å². The number of benzene rings is 1. The van der Waals surface area contributed by atoms with Crippen molar-refractivity contribution in [2.45, 2.75) is 32.9 Å². The van der Waals surface area contributed by atoms with Gasteiger partial charge < -0.3 is 10.1 Å². The number of ether oxygens (including phenoxy) is 1. The molecule has 20 heavy (non-hydrogen) atoms. The molecule has 1 atom stereocenters. The molecular formula is C16H20ClNOS. The van der Waals surface area contributed by atoms with Crippen LogP contribution in [-0.2, 0) is 0 Å². The molecule has 0 amide bonds. The molecule has 2 nitrogen and oxygen atoms in total. The summed E-state index contributed by atoms with van der Waals surface area (Å²) >= 11 is 7.66. The second-order valence-electron chi connectivity index (χ2n) is 4.87. The van der Waals surface area contributed by atoms with Gasteiger partial charge >= 0.3 is 0 Å². The van der Waals surface area contributed by atoms with Gasteiger partial charge in [-0.25, -0.2) is 0 Å². The molecule has 1 heterocycles. The predicted molar refractivity (Wildman–Crippen MR) is 87.1 cm³/mol. The second kappa shape index (κ2) is 7.11. The first-order valence-corrected chi connectivity index (χ1v) is 8.04. The Kier molecular flexibility index (Phi) is 5.46. The molecule has 1 unspecified atom stereocenters. The third kappa shape index (κ3) is 3.98. The summed E-state index contributed by atoms with van der Waals surface area (Å²) in [5.74, 6) is 0.906. The van der Waals surface area contributed by atoms with Crippen molar-refractivity contribution in [2.75, 3.05) is 6.54 Å². The van der Waals surface area contributed by atoms with Gasteiger partial charge in [0.25, 0.3) is 0 Å². The molecule has 0 spiro atoms. The van der Waals surface area contributed by atoms with E-state index >= 15 is 0 Å². The zero-order valence-electron chi connectivity index (χ0n) is 12.0. The van der Waals surface area contributed by atoms with E-state index in [0.29, 0.717) is 0 Å². The number of rotatable bonds is 6. The van der Waals surface area contributed by atoms with E-state index in [0.717, 1.165) is 16.6 Å². The lowest BCUT2D eigenvalue weighted by Crippen LogP contribution is -2.21. The minimum Gasteiger partial charge on any atom is -0.491 e. The Morgan fingerprint density at radius 3 is 2.35 bits per heavy atom. The van der Waals surface area contributed by atoms with Crippen molar-refractivity contribution in [3.63, 3.8) is 0 Å². The molecule has 1 N–H and O–H groups in total. The quantitative estimate of drug-likeness (QED) is 0.820. The van der Waals surface area contributed by atoms with Gasteiger partial charge in [-0.3, -0.25) is 0 Å². The van der Waals surface area contributed by atoms with Crippen LogP contribution >= 0.6 is 22.9 Å². The molecule has 0 aliphatic rings. The SMILES string of the molecule is CCNC(c1ccc(OC(C)C)cc1)c1ccc(Cl)s1. The van der Waals surface area contributed by atoms with E-state index < -0.39 is 0 Å². The molecule has 0 fully saturated rings. The third-order valence-electron chi connectivity index (χ3n) is 2.87. The molecule has 0 saturated heterocycles. The van der Waals surface area contributed by atoms with Crippen molar-refractivity contribution in [1.82, 2.24) is 5.32 Å². The molecule has 108 valence electrons. The standard InChI is InChI=1S/C16H20ClNOS/c1-4-18-16(14-9-10-15(17)20-14)12-5-7-13(8-6-12)19-11(2)3/h5-11,16,18H,4H2,1-3H3. The zero-order chi connectivity index (χ0) is 14.5. The Morgan fingerprint density at radius 2 is 1.85 bits per heavy atom. The molecule has 4 heteroatoms. The lowest BCUT2D eigenvalue weighted by molar-refractivity contribution is 0.242. The normalized spacial score (nSPS) is 12.7. The van der Waals surface area contributed by atoms with Gasteiger partial charge in [0, 0.05) is 4.88 Å². The fourth-order valence-corrected chi connectivity index (χ4v) is 3.25. The summed E-state index contributed by atoms with van der Waals surface area (Å²) in [6, 6.07) is 12.5. The molecule has 0 saturated carbocycles. The Hall–Kier alpha value is -1.03. The lowest BCUT2D eigenvalue weighted by Gasteiger charge is -2.18. The molecule has 2 aromatic rings. The second-order valence-corrected chi connectivity index (χ2v) is 6.61. The molecule has 0 aliphatic carbocycles. The van der Waals surface area contributed by atoms with Crippen LogP contribution in [0, 0.1) is 0 Å². The topological polar surface area (TPSA) is 21.3 Å². The number of halogens is 1. The summed E-state index contributed by atoms with van der Waals surface area (Å²) in [5.41, 5.74) is 1.22. The van der Waals surface area contributed by atoms with Crippen LogP contribution in [0.25, 0.3) is 0 Å². The summed E-state index contributed by atoms with van der Waals surface area (Å²) in [4.78, 5) is 1.23. The molecular weight excluding hydrogens is 290 g/mol. The van der Waals surface area contributed by atoms with Gasteiger partial charge in [-0.1, -0.05) is 30.7 Å². The highest BCUT2D eigenvalue weighted by atomic mass is 35.5. The highest BCUT2D eigenvalue weighted by molar-refractivity contribution is 7.16. The molecule has 1 aromatic heterocycles.